The molecule has 8 rings (SSSR count). The molecule has 47 heavy (non-hydrogen) atoms. The Labute approximate surface area is 277 Å². The summed E-state index contributed by atoms with van der Waals surface area (Å²) in [6.07, 6.45) is 0. The van der Waals surface area contributed by atoms with Crippen molar-refractivity contribution in [3.63, 3.8) is 0 Å². The van der Waals surface area contributed by atoms with Crippen molar-refractivity contribution >= 4 is 55.7 Å². The minimum Gasteiger partial charge on any atom is -0.310 e. The van der Waals surface area contributed by atoms with E-state index in [1.807, 2.05) is 0 Å². The predicted molar refractivity (Wildman–Crippen MR) is 203 cm³/mol. The molecule has 8 aromatic rings. The van der Waals surface area contributed by atoms with Crippen LogP contribution >= 0.6 is 0 Å². The Balaban J connectivity index is 0.00000351. The van der Waals surface area contributed by atoms with Crippen LogP contribution in [0.1, 0.15) is 7.43 Å². The Morgan fingerprint density at radius 1 is 0.255 bits per heavy atom. The summed E-state index contributed by atoms with van der Waals surface area (Å²) in [5, 5.41) is 4.90. The Hall–Kier alpha value is -6.12. The molecule has 0 heterocycles. The number of rotatable bonds is 7. The minimum atomic E-state index is 0. The first-order valence-electron chi connectivity index (χ1n) is 15.7. The van der Waals surface area contributed by atoms with E-state index in [1.165, 1.54) is 32.7 Å². The van der Waals surface area contributed by atoms with Crippen molar-refractivity contribution in [2.45, 2.75) is 7.43 Å². The molecule has 0 saturated carbocycles. The van der Waals surface area contributed by atoms with Crippen molar-refractivity contribution in [1.82, 2.24) is 0 Å². The lowest BCUT2D eigenvalue weighted by Crippen LogP contribution is -2.10. The number of hydrogen-bond acceptors (Lipinski definition) is 2. The molecule has 0 N–H and O–H groups in total. The number of fused-ring (bicyclic) bond motifs is 2. The van der Waals surface area contributed by atoms with Gasteiger partial charge in [0.15, 0.2) is 0 Å². The van der Waals surface area contributed by atoms with Crippen LogP contribution in [0.15, 0.2) is 194 Å². The van der Waals surface area contributed by atoms with Crippen LogP contribution in [0.3, 0.4) is 0 Å². The normalized spacial score (nSPS) is 10.8. The Bertz CT molecular complexity index is 2070. The molecule has 2 nitrogen and oxygen atoms in total. The first-order valence-corrected chi connectivity index (χ1v) is 15.7. The van der Waals surface area contributed by atoms with Gasteiger partial charge >= 0.3 is 0 Å². The quantitative estimate of drug-likeness (QED) is 0.179. The summed E-state index contributed by atoms with van der Waals surface area (Å²) in [5.74, 6) is 0. The molecule has 0 radical (unpaired) electrons. The zero-order valence-electron chi connectivity index (χ0n) is 25.4. The van der Waals surface area contributed by atoms with Crippen LogP contribution in [0, 0.1) is 0 Å². The molecule has 226 valence electrons. The van der Waals surface area contributed by atoms with E-state index in [-0.39, 0.29) is 7.43 Å². The summed E-state index contributed by atoms with van der Waals surface area (Å²) in [6, 6.07) is 69.2. The Morgan fingerprint density at radius 2 is 0.574 bits per heavy atom. The van der Waals surface area contributed by atoms with E-state index in [0.29, 0.717) is 0 Å². The van der Waals surface area contributed by atoms with Crippen LogP contribution < -0.4 is 9.80 Å². The van der Waals surface area contributed by atoms with E-state index in [9.17, 15) is 0 Å². The topological polar surface area (TPSA) is 6.48 Å². The van der Waals surface area contributed by atoms with E-state index in [0.717, 1.165) is 34.1 Å². The van der Waals surface area contributed by atoms with Crippen LogP contribution in [0.2, 0.25) is 0 Å². The monoisotopic (exact) mass is 604 g/mol. The number of anilines is 6. The third-order valence-corrected chi connectivity index (χ3v) is 8.63. The SMILES string of the molecule is C.c1ccc(N(c2ccc(-c3ccc(N(c4ccccc4)c4cccc5ccccc45)cc3)cc2)c2cccc3ccccc23)cc1. The molecule has 0 aliphatic carbocycles. The average Bonchev–Trinajstić information content (AvgIpc) is 3.14. The number of hydrogen-bond donors (Lipinski definition) is 0. The molecular weight excluding hydrogens is 569 g/mol. The lowest BCUT2D eigenvalue weighted by Gasteiger charge is -2.27. The highest BCUT2D eigenvalue weighted by Gasteiger charge is 2.17. The predicted octanol–water partition coefficient (Wildman–Crippen LogP) is 13.2. The van der Waals surface area contributed by atoms with Crippen LogP contribution in [0.5, 0.6) is 0 Å². The largest absolute Gasteiger partial charge is 0.310 e. The standard InChI is InChI=1S/C44H32N2.CH4/c1-3-17-37(18-4-1)45(43-23-11-15-35-13-7-9-21-41(35)43)39-29-25-33(26-30-39)34-27-31-40(32-28-34)46(38-19-5-2-6-20-38)44-24-12-16-36-14-8-10-22-42(36)44;/h1-32H;1H4. The first kappa shape index (κ1) is 29.6. The smallest absolute Gasteiger partial charge is 0.0540 e. The van der Waals surface area contributed by atoms with E-state index < -0.39 is 0 Å². The summed E-state index contributed by atoms with van der Waals surface area (Å²) in [5.41, 5.74) is 9.18. The molecule has 8 aromatic carbocycles. The van der Waals surface area contributed by atoms with Crippen molar-refractivity contribution in [3.05, 3.63) is 194 Å². The summed E-state index contributed by atoms with van der Waals surface area (Å²) >= 11 is 0. The maximum Gasteiger partial charge on any atom is 0.0540 e. The molecule has 0 saturated heterocycles. The average molecular weight is 605 g/mol. The second-order valence-electron chi connectivity index (χ2n) is 11.4. The van der Waals surface area contributed by atoms with Gasteiger partial charge < -0.3 is 9.80 Å². The van der Waals surface area contributed by atoms with Gasteiger partial charge in [0.25, 0.3) is 0 Å². The second-order valence-corrected chi connectivity index (χ2v) is 11.4. The fraction of sp³-hybridized carbons (Fsp3) is 0.0222. The third-order valence-electron chi connectivity index (χ3n) is 8.63. The molecule has 0 amide bonds. The maximum atomic E-state index is 2.34. The van der Waals surface area contributed by atoms with Gasteiger partial charge in [0.1, 0.15) is 0 Å². The van der Waals surface area contributed by atoms with Gasteiger partial charge in [0.05, 0.1) is 11.4 Å². The summed E-state index contributed by atoms with van der Waals surface area (Å²) < 4.78 is 0. The van der Waals surface area contributed by atoms with E-state index in [2.05, 4.69) is 204 Å². The third kappa shape index (κ3) is 5.74. The van der Waals surface area contributed by atoms with Crippen molar-refractivity contribution < 1.29 is 0 Å². The zero-order chi connectivity index (χ0) is 30.7. The first-order chi connectivity index (χ1) is 22.8. The van der Waals surface area contributed by atoms with Crippen molar-refractivity contribution in [3.8, 4) is 11.1 Å². The van der Waals surface area contributed by atoms with Crippen molar-refractivity contribution in [2.24, 2.45) is 0 Å². The van der Waals surface area contributed by atoms with E-state index >= 15 is 0 Å². The van der Waals surface area contributed by atoms with Crippen molar-refractivity contribution in [2.75, 3.05) is 9.80 Å². The highest BCUT2D eigenvalue weighted by Crippen LogP contribution is 2.41. The number of para-hydroxylation sites is 2. The fourth-order valence-electron chi connectivity index (χ4n) is 6.42. The van der Waals surface area contributed by atoms with Crippen LogP contribution in [0.25, 0.3) is 32.7 Å². The van der Waals surface area contributed by atoms with Gasteiger partial charge in [-0.05, 0) is 82.6 Å². The molecule has 0 spiro atoms. The summed E-state index contributed by atoms with van der Waals surface area (Å²) in [4.78, 5) is 4.69. The maximum absolute atomic E-state index is 2.34. The van der Waals surface area contributed by atoms with E-state index in [1.54, 1.807) is 0 Å². The minimum absolute atomic E-state index is 0. The van der Waals surface area contributed by atoms with Crippen LogP contribution in [-0.2, 0) is 0 Å². The lowest BCUT2D eigenvalue weighted by molar-refractivity contribution is 1.29. The van der Waals surface area contributed by atoms with Gasteiger partial charge in [-0.1, -0.05) is 141 Å². The Morgan fingerprint density at radius 3 is 0.979 bits per heavy atom. The molecule has 0 aliphatic heterocycles. The number of benzene rings is 8. The molecular formula is C45H36N2. The van der Waals surface area contributed by atoms with Gasteiger partial charge in [-0.2, -0.15) is 0 Å². The highest BCUT2D eigenvalue weighted by atomic mass is 15.1. The van der Waals surface area contributed by atoms with Gasteiger partial charge in [-0.25, -0.2) is 0 Å². The van der Waals surface area contributed by atoms with Gasteiger partial charge in [0.2, 0.25) is 0 Å². The fourth-order valence-corrected chi connectivity index (χ4v) is 6.42. The molecule has 0 fully saturated rings. The summed E-state index contributed by atoms with van der Waals surface area (Å²) in [7, 11) is 0. The Kier molecular flexibility index (Phi) is 8.24. The molecule has 0 atom stereocenters. The van der Waals surface area contributed by atoms with Crippen molar-refractivity contribution in [1.29, 1.82) is 0 Å². The summed E-state index contributed by atoms with van der Waals surface area (Å²) in [6.45, 7) is 0. The number of nitrogens with zero attached hydrogens (tertiary/aromatic N) is 2. The van der Waals surface area contributed by atoms with Gasteiger partial charge in [-0.3, -0.25) is 0 Å². The van der Waals surface area contributed by atoms with Gasteiger partial charge in [0, 0.05) is 33.5 Å². The van der Waals surface area contributed by atoms with Crippen LogP contribution in [0.4, 0.5) is 34.1 Å². The lowest BCUT2D eigenvalue weighted by atomic mass is 10.0. The highest BCUT2D eigenvalue weighted by molar-refractivity contribution is 6.00. The zero-order valence-corrected chi connectivity index (χ0v) is 25.4. The molecule has 0 aliphatic rings. The van der Waals surface area contributed by atoms with E-state index in [4.69, 9.17) is 0 Å². The second kappa shape index (κ2) is 13.1. The molecule has 0 aromatic heterocycles. The van der Waals surface area contributed by atoms with Gasteiger partial charge in [-0.15, -0.1) is 0 Å². The molecule has 0 bridgehead atoms. The molecule has 0 unspecified atom stereocenters. The van der Waals surface area contributed by atoms with Crippen LogP contribution in [-0.4, -0.2) is 0 Å². The molecule has 2 heteroatoms.